The van der Waals surface area contributed by atoms with Gasteiger partial charge in [0.05, 0.1) is 16.1 Å². The van der Waals surface area contributed by atoms with E-state index < -0.39 is 16.1 Å². The fourth-order valence-electron chi connectivity index (χ4n) is 5.69. The molecule has 0 aliphatic heterocycles. The van der Waals surface area contributed by atoms with Crippen molar-refractivity contribution in [3.8, 4) is 22.3 Å². The van der Waals surface area contributed by atoms with E-state index in [0.29, 0.717) is 0 Å². The molecule has 0 atom stereocenters. The summed E-state index contributed by atoms with van der Waals surface area (Å²) in [7, 11) is -2.42. The predicted octanol–water partition coefficient (Wildman–Crippen LogP) is 12.6. The number of hydrogen-bond donors (Lipinski definition) is 0. The fourth-order valence-corrected chi connectivity index (χ4v) is 8.02. The molecule has 0 bridgehead atoms. The molecule has 262 valence electrons. The Labute approximate surface area is 330 Å². The quantitative estimate of drug-likeness (QED) is 0.120. The summed E-state index contributed by atoms with van der Waals surface area (Å²) >= 11 is 1.36. The van der Waals surface area contributed by atoms with Crippen LogP contribution < -0.4 is 10.4 Å². The molecular formula is C43H56Cl2Si3Zr-4. The molecule has 49 heavy (non-hydrogen) atoms. The summed E-state index contributed by atoms with van der Waals surface area (Å²) in [6.07, 6.45) is 1.10. The van der Waals surface area contributed by atoms with Crippen LogP contribution in [0.3, 0.4) is 0 Å². The van der Waals surface area contributed by atoms with Crippen LogP contribution in [-0.4, -0.2) is 23.0 Å². The SMILES string of the molecule is CCc1cc2c(-c3ccc([Si](C)(C)C)cc3)cccc2[cH-]1.Cc1cc2c(-c3ccc([Si](C)(C)C)cc3)cccc2[cH-]1.Cl.Cl.[CH2-]C.[CH2-]C.[Si]=[Zr]. The van der Waals surface area contributed by atoms with Crippen molar-refractivity contribution in [2.75, 3.05) is 0 Å². The van der Waals surface area contributed by atoms with Crippen LogP contribution in [0.5, 0.6) is 0 Å². The van der Waals surface area contributed by atoms with Gasteiger partial charge in [0.1, 0.15) is 0 Å². The minimum absolute atomic E-state index is 0. The summed E-state index contributed by atoms with van der Waals surface area (Å²) in [6, 6.07) is 40.8. The van der Waals surface area contributed by atoms with E-state index in [4.69, 9.17) is 0 Å². The van der Waals surface area contributed by atoms with Crippen LogP contribution in [-0.2, 0) is 29.8 Å². The Morgan fingerprint density at radius 3 is 1.31 bits per heavy atom. The van der Waals surface area contributed by atoms with Gasteiger partial charge < -0.3 is 13.8 Å². The molecule has 6 aromatic carbocycles. The average Bonchev–Trinajstić information content (AvgIpc) is 3.70. The number of aryl methyl sites for hydroxylation is 2. The first-order chi connectivity index (χ1) is 22.4. The van der Waals surface area contributed by atoms with Crippen LogP contribution in [0.4, 0.5) is 0 Å². The number of benzene rings is 4. The minimum atomic E-state index is -1.21. The first-order valence-electron chi connectivity index (χ1n) is 16.7. The van der Waals surface area contributed by atoms with Crippen LogP contribution >= 0.6 is 24.8 Å². The Morgan fingerprint density at radius 1 is 0.571 bits per heavy atom. The number of hydrogen-bond acceptors (Lipinski definition) is 0. The Bertz CT molecular complexity index is 1800. The standard InChI is InChI=1S/C20H23Si.C19H21Si.2C2H5.2ClH.Si.Zr/c1-5-15-13-17-7-6-8-19(20(17)14-15)16-9-11-18(12-10-16)21(2,3)4;1-14-12-16-6-5-7-18(19(16)13-14)15-8-10-17(11-9-15)20(2,3)4;2*1-2;;;;/h6-14H,5H2,1-4H3;5-13H,1-4H3;2*1H2,2H3;2*1H;;/q4*-1;;;;. The predicted molar refractivity (Wildman–Crippen MR) is 232 cm³/mol. The molecule has 0 spiro atoms. The third-order valence-corrected chi connectivity index (χ3v) is 12.4. The first kappa shape index (κ1) is 47.2. The average molecular weight is 819 g/mol. The summed E-state index contributed by atoms with van der Waals surface area (Å²) in [5.74, 6) is 0. The maximum absolute atomic E-state index is 3.25. The van der Waals surface area contributed by atoms with Gasteiger partial charge >= 0.3 is 30.2 Å². The zero-order chi connectivity index (χ0) is 35.4. The molecule has 0 aliphatic carbocycles. The van der Waals surface area contributed by atoms with Crippen LogP contribution in [0.15, 0.2) is 109 Å². The molecule has 0 amide bonds. The molecular weight excluding hydrogens is 763 g/mol. The van der Waals surface area contributed by atoms with Gasteiger partial charge in [-0.15, -0.1) is 93.9 Å². The third-order valence-electron chi connectivity index (χ3n) is 8.24. The van der Waals surface area contributed by atoms with Gasteiger partial charge in [-0.05, 0) is 17.5 Å². The molecule has 6 heteroatoms. The molecule has 0 unspecified atom stereocenters. The molecule has 0 aromatic heterocycles. The van der Waals surface area contributed by atoms with Crippen molar-refractivity contribution in [2.45, 2.75) is 73.4 Å². The third kappa shape index (κ3) is 12.7. The summed E-state index contributed by atoms with van der Waals surface area (Å²) in [6.45, 7) is 31.8. The normalized spacial score (nSPS) is 10.3. The van der Waals surface area contributed by atoms with E-state index >= 15 is 0 Å². The van der Waals surface area contributed by atoms with Crippen LogP contribution in [0.2, 0.25) is 39.3 Å². The summed E-state index contributed by atoms with van der Waals surface area (Å²) < 4.78 is 0. The molecule has 0 heterocycles. The van der Waals surface area contributed by atoms with Crippen molar-refractivity contribution < 1.29 is 23.3 Å². The topological polar surface area (TPSA) is 0 Å². The van der Waals surface area contributed by atoms with E-state index in [2.05, 4.69) is 183 Å². The van der Waals surface area contributed by atoms with Crippen molar-refractivity contribution >= 4 is 79.8 Å². The van der Waals surface area contributed by atoms with E-state index in [9.17, 15) is 0 Å². The number of rotatable bonds is 5. The Morgan fingerprint density at radius 2 is 0.939 bits per heavy atom. The molecule has 0 saturated carbocycles. The zero-order valence-corrected chi connectivity index (χ0v) is 38.4. The van der Waals surface area contributed by atoms with E-state index in [1.807, 2.05) is 0 Å². The van der Waals surface area contributed by atoms with Crippen molar-refractivity contribution in [2.24, 2.45) is 0 Å². The molecule has 6 rings (SSSR count). The van der Waals surface area contributed by atoms with E-state index in [0.717, 1.165) is 6.42 Å². The second kappa shape index (κ2) is 22.2. The van der Waals surface area contributed by atoms with Gasteiger partial charge in [-0.1, -0.05) is 135 Å². The molecule has 0 aliphatic rings. The van der Waals surface area contributed by atoms with Gasteiger partial charge in [-0.3, -0.25) is 0 Å². The van der Waals surface area contributed by atoms with Crippen molar-refractivity contribution in [1.82, 2.24) is 0 Å². The van der Waals surface area contributed by atoms with E-state index in [1.54, 1.807) is 13.8 Å². The molecule has 6 aromatic rings. The second-order valence-corrected chi connectivity index (χ2v) is 23.7. The summed E-state index contributed by atoms with van der Waals surface area (Å²) in [5, 5.41) is 8.50. The first-order valence-corrected chi connectivity index (χ1v) is 27.9. The molecule has 0 N–H and O–H groups in total. The van der Waals surface area contributed by atoms with Crippen LogP contribution in [0.1, 0.15) is 31.9 Å². The Balaban J connectivity index is 0.000000789. The molecule has 2 radical (unpaired) electrons. The second-order valence-electron chi connectivity index (χ2n) is 13.5. The van der Waals surface area contributed by atoms with Crippen LogP contribution in [0, 0.1) is 20.8 Å². The Hall–Kier alpha value is -1.79. The maximum atomic E-state index is 3.25. The molecule has 0 nitrogen and oxygen atoms in total. The van der Waals surface area contributed by atoms with Gasteiger partial charge in [0.25, 0.3) is 0 Å². The summed E-state index contributed by atoms with van der Waals surface area (Å²) in [5.41, 5.74) is 8.12. The fraction of sp³-hybridized carbons (Fsp3) is 0.256. The zero-order valence-electron chi connectivity index (χ0n) is 31.3. The monoisotopic (exact) mass is 816 g/mol. The van der Waals surface area contributed by atoms with E-state index in [-0.39, 0.29) is 24.8 Å². The van der Waals surface area contributed by atoms with Crippen molar-refractivity contribution in [1.29, 1.82) is 0 Å². The Kier molecular flexibility index (Phi) is 21.4. The number of halogens is 2. The van der Waals surface area contributed by atoms with Crippen molar-refractivity contribution in [3.63, 3.8) is 0 Å². The van der Waals surface area contributed by atoms with E-state index in [1.165, 1.54) is 88.6 Å². The van der Waals surface area contributed by atoms with Gasteiger partial charge in [0.2, 0.25) is 0 Å². The molecule has 0 fully saturated rings. The van der Waals surface area contributed by atoms with Crippen molar-refractivity contribution in [3.05, 3.63) is 134 Å². The van der Waals surface area contributed by atoms with Gasteiger partial charge in [0, 0.05) is 0 Å². The van der Waals surface area contributed by atoms with Gasteiger partial charge in [0.15, 0.2) is 0 Å². The van der Waals surface area contributed by atoms with Crippen LogP contribution in [0.25, 0.3) is 43.8 Å². The van der Waals surface area contributed by atoms with Gasteiger partial charge in [-0.25, -0.2) is 0 Å². The van der Waals surface area contributed by atoms with Gasteiger partial charge in [-0.2, -0.15) is 26.0 Å². The summed E-state index contributed by atoms with van der Waals surface area (Å²) in [4.78, 5) is 0. The number of fused-ring (bicyclic) bond motifs is 2. The molecule has 0 saturated heterocycles.